The molecule has 4 aromatic rings. The number of unbranched alkanes of at least 4 members (excludes halogenated alkanes) is 1. The highest BCUT2D eigenvalue weighted by atomic mass is 16.7. The first-order valence-corrected chi connectivity index (χ1v) is 12.0. The zero-order valence-electron chi connectivity index (χ0n) is 20.7. The second-order valence-electron chi connectivity index (χ2n) is 8.36. The van der Waals surface area contributed by atoms with Crippen LogP contribution in [0.2, 0.25) is 0 Å². The number of ether oxygens (including phenoxy) is 2. The van der Waals surface area contributed by atoms with Crippen molar-refractivity contribution in [3.8, 4) is 22.6 Å². The predicted octanol–water partition coefficient (Wildman–Crippen LogP) is 4.16. The number of pyridine rings is 1. The molecule has 0 amide bonds. The largest absolute Gasteiger partial charge is 0.347 e. The van der Waals surface area contributed by atoms with Gasteiger partial charge in [-0.2, -0.15) is 5.21 Å². The lowest BCUT2D eigenvalue weighted by Gasteiger charge is -2.27. The van der Waals surface area contributed by atoms with Crippen molar-refractivity contribution in [2.75, 3.05) is 14.2 Å². The second-order valence-corrected chi connectivity index (χ2v) is 8.36. The van der Waals surface area contributed by atoms with Gasteiger partial charge in [-0.15, -0.1) is 15.3 Å². The Morgan fingerprint density at radius 3 is 2.49 bits per heavy atom. The van der Waals surface area contributed by atoms with Crippen LogP contribution in [0.3, 0.4) is 0 Å². The van der Waals surface area contributed by atoms with Crippen LogP contribution in [-0.4, -0.2) is 54.6 Å². The molecule has 0 unspecified atom stereocenters. The maximum absolute atomic E-state index is 5.76. The van der Waals surface area contributed by atoms with Gasteiger partial charge < -0.3 is 9.47 Å². The lowest BCUT2D eigenvalue weighted by Crippen LogP contribution is -2.32. The molecule has 0 saturated carbocycles. The van der Waals surface area contributed by atoms with Gasteiger partial charge in [0.1, 0.15) is 5.82 Å². The first kappa shape index (κ1) is 24.6. The Labute approximate surface area is 205 Å². The molecule has 10 heteroatoms. The number of hydrogen-bond donors (Lipinski definition) is 1. The zero-order chi connectivity index (χ0) is 24.7. The molecule has 1 aromatic carbocycles. The van der Waals surface area contributed by atoms with Crippen LogP contribution in [0.15, 0.2) is 42.6 Å². The van der Waals surface area contributed by atoms with Crippen LogP contribution in [0.5, 0.6) is 0 Å². The fourth-order valence-electron chi connectivity index (χ4n) is 4.13. The standard InChI is InChI=1S/C25H32N8O2/c1-5-7-10-21-27-24(25(34-3,35-4)15-6-2)30-33(21)17-18-11-13-19(14-12-18)22-20(9-8-16-26-22)23-28-31-32-29-23/h8-9,11-14,16H,5-7,10,15,17H2,1-4H3,(H,28,29,31,32). The van der Waals surface area contributed by atoms with E-state index in [0.29, 0.717) is 24.6 Å². The highest BCUT2D eigenvalue weighted by Crippen LogP contribution is 2.30. The van der Waals surface area contributed by atoms with E-state index in [1.165, 1.54) is 0 Å². The first-order valence-electron chi connectivity index (χ1n) is 12.0. The molecule has 0 radical (unpaired) electrons. The molecule has 0 aliphatic rings. The van der Waals surface area contributed by atoms with E-state index in [2.05, 4.69) is 63.7 Å². The molecule has 0 aliphatic heterocycles. The van der Waals surface area contributed by atoms with E-state index in [9.17, 15) is 0 Å². The van der Waals surface area contributed by atoms with Gasteiger partial charge in [0.2, 0.25) is 17.4 Å². The zero-order valence-corrected chi connectivity index (χ0v) is 20.7. The Kier molecular flexibility index (Phi) is 7.94. The van der Waals surface area contributed by atoms with Gasteiger partial charge in [-0.3, -0.25) is 4.98 Å². The fourth-order valence-corrected chi connectivity index (χ4v) is 4.13. The van der Waals surface area contributed by atoms with Gasteiger partial charge in [-0.25, -0.2) is 9.67 Å². The normalized spacial score (nSPS) is 11.8. The number of hydrogen-bond acceptors (Lipinski definition) is 8. The number of aryl methyl sites for hydroxylation is 1. The average molecular weight is 477 g/mol. The molecule has 35 heavy (non-hydrogen) atoms. The minimum atomic E-state index is -0.935. The van der Waals surface area contributed by atoms with Crippen molar-refractivity contribution in [2.24, 2.45) is 0 Å². The topological polar surface area (TPSA) is 117 Å². The van der Waals surface area contributed by atoms with Gasteiger partial charge in [0.05, 0.1) is 12.2 Å². The molecule has 4 rings (SSSR count). The number of nitrogens with one attached hydrogen (secondary N) is 1. The van der Waals surface area contributed by atoms with E-state index < -0.39 is 5.79 Å². The maximum atomic E-state index is 5.76. The van der Waals surface area contributed by atoms with E-state index in [-0.39, 0.29) is 0 Å². The summed E-state index contributed by atoms with van der Waals surface area (Å²) < 4.78 is 13.5. The minimum Gasteiger partial charge on any atom is -0.347 e. The third-order valence-corrected chi connectivity index (χ3v) is 6.04. The minimum absolute atomic E-state index is 0.514. The monoisotopic (exact) mass is 476 g/mol. The van der Waals surface area contributed by atoms with Crippen molar-refractivity contribution in [1.82, 2.24) is 40.4 Å². The Morgan fingerprint density at radius 1 is 1.03 bits per heavy atom. The van der Waals surface area contributed by atoms with E-state index in [0.717, 1.165) is 53.9 Å². The van der Waals surface area contributed by atoms with E-state index >= 15 is 0 Å². The van der Waals surface area contributed by atoms with E-state index in [1.807, 2.05) is 16.8 Å². The summed E-state index contributed by atoms with van der Waals surface area (Å²) in [5, 5.41) is 19.2. The third-order valence-electron chi connectivity index (χ3n) is 6.04. The highest BCUT2D eigenvalue weighted by molar-refractivity contribution is 5.76. The SMILES string of the molecule is CCCCc1nc(C(CCC)(OC)OC)nn1Cc1ccc(-c2ncccc2-c2nn[nH]n2)cc1. The summed E-state index contributed by atoms with van der Waals surface area (Å²) in [6.07, 6.45) is 6.30. The predicted molar refractivity (Wildman–Crippen MR) is 131 cm³/mol. The Bertz CT molecular complexity index is 1200. The Hall–Kier alpha value is -3.50. The molecule has 0 aliphatic carbocycles. The van der Waals surface area contributed by atoms with Crippen LogP contribution in [0.4, 0.5) is 0 Å². The molecule has 0 atom stereocenters. The first-order chi connectivity index (χ1) is 17.1. The van der Waals surface area contributed by atoms with E-state index in [4.69, 9.17) is 19.6 Å². The number of H-pyrrole nitrogens is 1. The molecule has 0 spiro atoms. The Morgan fingerprint density at radius 2 is 1.83 bits per heavy atom. The molecule has 3 heterocycles. The molecule has 0 fully saturated rings. The molecule has 0 bridgehead atoms. The summed E-state index contributed by atoms with van der Waals surface area (Å²) in [6.45, 7) is 4.86. The van der Waals surface area contributed by atoms with Gasteiger partial charge in [0.15, 0.2) is 0 Å². The summed E-state index contributed by atoms with van der Waals surface area (Å²) >= 11 is 0. The van der Waals surface area contributed by atoms with Crippen LogP contribution in [0, 0.1) is 0 Å². The quantitative estimate of drug-likeness (QED) is 0.303. The summed E-state index contributed by atoms with van der Waals surface area (Å²) in [5.41, 5.74) is 3.70. The van der Waals surface area contributed by atoms with Crippen molar-refractivity contribution in [3.05, 3.63) is 59.8 Å². The molecule has 10 nitrogen and oxygen atoms in total. The van der Waals surface area contributed by atoms with Crippen LogP contribution in [-0.2, 0) is 28.2 Å². The van der Waals surface area contributed by atoms with Gasteiger partial charge in [-0.05, 0) is 29.3 Å². The molecule has 3 aromatic heterocycles. The number of aromatic nitrogens is 8. The van der Waals surface area contributed by atoms with Crippen molar-refractivity contribution >= 4 is 0 Å². The number of tetrazole rings is 1. The number of nitrogens with zero attached hydrogens (tertiary/aromatic N) is 7. The van der Waals surface area contributed by atoms with Crippen LogP contribution >= 0.6 is 0 Å². The summed E-state index contributed by atoms with van der Waals surface area (Å²) in [5.74, 6) is 1.09. The van der Waals surface area contributed by atoms with Crippen LogP contribution in [0.25, 0.3) is 22.6 Å². The number of rotatable bonds is 12. The lowest BCUT2D eigenvalue weighted by molar-refractivity contribution is -0.225. The van der Waals surface area contributed by atoms with E-state index in [1.54, 1.807) is 20.4 Å². The molecule has 184 valence electrons. The third kappa shape index (κ3) is 5.28. The molecule has 0 saturated heterocycles. The summed E-state index contributed by atoms with van der Waals surface area (Å²) in [4.78, 5) is 9.41. The van der Waals surface area contributed by atoms with Crippen LogP contribution < -0.4 is 0 Å². The second kappa shape index (κ2) is 11.3. The Balaban J connectivity index is 1.62. The highest BCUT2D eigenvalue weighted by Gasteiger charge is 2.36. The van der Waals surface area contributed by atoms with Gasteiger partial charge in [-0.1, -0.05) is 51.0 Å². The molecular weight excluding hydrogens is 444 g/mol. The number of methoxy groups -OCH3 is 2. The van der Waals surface area contributed by atoms with Gasteiger partial charge >= 0.3 is 0 Å². The smallest absolute Gasteiger partial charge is 0.231 e. The van der Waals surface area contributed by atoms with Crippen molar-refractivity contribution < 1.29 is 9.47 Å². The summed E-state index contributed by atoms with van der Waals surface area (Å²) in [6, 6.07) is 12.1. The summed E-state index contributed by atoms with van der Waals surface area (Å²) in [7, 11) is 3.29. The van der Waals surface area contributed by atoms with Crippen molar-refractivity contribution in [1.29, 1.82) is 0 Å². The maximum Gasteiger partial charge on any atom is 0.231 e. The van der Waals surface area contributed by atoms with Crippen LogP contribution in [0.1, 0.15) is 56.7 Å². The molecular formula is C25H32N8O2. The average Bonchev–Trinajstić information content (AvgIpc) is 3.57. The van der Waals surface area contributed by atoms with Gasteiger partial charge in [0.25, 0.3) is 0 Å². The van der Waals surface area contributed by atoms with Crippen molar-refractivity contribution in [3.63, 3.8) is 0 Å². The number of benzene rings is 1. The lowest BCUT2D eigenvalue weighted by atomic mass is 10.0. The van der Waals surface area contributed by atoms with Gasteiger partial charge in [0, 0.05) is 44.4 Å². The molecule has 1 N–H and O–H groups in total. The number of aromatic amines is 1. The van der Waals surface area contributed by atoms with Crippen molar-refractivity contribution in [2.45, 2.75) is 58.3 Å². The fraction of sp³-hybridized carbons (Fsp3) is 0.440.